The molecule has 1 saturated carbocycles. The van der Waals surface area contributed by atoms with Crippen molar-refractivity contribution in [3.05, 3.63) is 0 Å². The second-order valence-electron chi connectivity index (χ2n) is 4.22. The summed E-state index contributed by atoms with van der Waals surface area (Å²) in [5.41, 5.74) is 6.18. The molecule has 0 spiro atoms. The topological polar surface area (TPSA) is 35.2 Å². The fourth-order valence-electron chi connectivity index (χ4n) is 2.46. The van der Waals surface area contributed by atoms with Gasteiger partial charge >= 0.3 is 0 Å². The van der Waals surface area contributed by atoms with Gasteiger partial charge in [-0.25, -0.2) is 0 Å². The maximum atomic E-state index is 5.89. The average molecular weight is 185 g/mol. The van der Waals surface area contributed by atoms with Crippen LogP contribution in [-0.2, 0) is 4.74 Å². The molecule has 1 unspecified atom stereocenters. The molecule has 0 saturated heterocycles. The minimum Gasteiger partial charge on any atom is -0.378 e. The second kappa shape index (κ2) is 4.97. The molecule has 0 bridgehead atoms. The van der Waals surface area contributed by atoms with E-state index in [1.54, 1.807) is 0 Å². The second-order valence-corrected chi connectivity index (χ2v) is 4.22. The molecule has 0 aromatic rings. The molecule has 1 aliphatic carbocycles. The molecule has 0 aromatic heterocycles. The Morgan fingerprint density at radius 3 is 2.38 bits per heavy atom. The number of hydrogen-bond acceptors (Lipinski definition) is 2. The van der Waals surface area contributed by atoms with Crippen LogP contribution in [-0.4, -0.2) is 19.3 Å². The lowest BCUT2D eigenvalue weighted by Crippen LogP contribution is -2.43. The number of ether oxygens (including phenoxy) is 1. The van der Waals surface area contributed by atoms with E-state index in [2.05, 4.69) is 13.8 Å². The molecule has 1 aliphatic rings. The molecule has 1 fully saturated rings. The summed E-state index contributed by atoms with van der Waals surface area (Å²) < 4.78 is 5.70. The van der Waals surface area contributed by atoms with Crippen LogP contribution in [0.4, 0.5) is 0 Å². The van der Waals surface area contributed by atoms with Crippen molar-refractivity contribution in [2.75, 3.05) is 13.2 Å². The summed E-state index contributed by atoms with van der Waals surface area (Å²) >= 11 is 0. The summed E-state index contributed by atoms with van der Waals surface area (Å²) in [5.74, 6) is 0. The Morgan fingerprint density at radius 2 is 1.92 bits per heavy atom. The first kappa shape index (κ1) is 11.0. The quantitative estimate of drug-likeness (QED) is 0.729. The molecule has 1 atom stereocenters. The Morgan fingerprint density at radius 1 is 1.31 bits per heavy atom. The van der Waals surface area contributed by atoms with Crippen LogP contribution in [0.5, 0.6) is 0 Å². The smallest absolute Gasteiger partial charge is 0.0615 e. The molecule has 78 valence electrons. The van der Waals surface area contributed by atoms with E-state index in [0.29, 0.717) is 6.10 Å². The van der Waals surface area contributed by atoms with Crippen molar-refractivity contribution in [2.45, 2.75) is 52.1 Å². The van der Waals surface area contributed by atoms with Gasteiger partial charge < -0.3 is 10.5 Å². The molecule has 13 heavy (non-hydrogen) atoms. The molecule has 1 rings (SSSR count). The first-order valence-corrected chi connectivity index (χ1v) is 5.57. The minimum absolute atomic E-state index is 0.286. The van der Waals surface area contributed by atoms with E-state index in [1.165, 1.54) is 32.1 Å². The van der Waals surface area contributed by atoms with E-state index in [4.69, 9.17) is 10.5 Å². The van der Waals surface area contributed by atoms with E-state index in [-0.39, 0.29) is 5.41 Å². The van der Waals surface area contributed by atoms with Crippen molar-refractivity contribution in [1.82, 2.24) is 0 Å². The van der Waals surface area contributed by atoms with Gasteiger partial charge in [-0.2, -0.15) is 0 Å². The zero-order chi connectivity index (χ0) is 9.73. The zero-order valence-corrected chi connectivity index (χ0v) is 9.01. The van der Waals surface area contributed by atoms with Crippen molar-refractivity contribution >= 4 is 0 Å². The molecule has 2 heteroatoms. The van der Waals surface area contributed by atoms with Gasteiger partial charge in [0, 0.05) is 18.6 Å². The predicted molar refractivity (Wildman–Crippen MR) is 55.7 cm³/mol. The van der Waals surface area contributed by atoms with E-state index >= 15 is 0 Å². The molecule has 0 radical (unpaired) electrons. The van der Waals surface area contributed by atoms with Gasteiger partial charge in [-0.15, -0.1) is 0 Å². The highest BCUT2D eigenvalue weighted by Gasteiger charge is 2.36. The van der Waals surface area contributed by atoms with Crippen LogP contribution < -0.4 is 5.73 Å². The van der Waals surface area contributed by atoms with Crippen LogP contribution in [0.1, 0.15) is 46.0 Å². The monoisotopic (exact) mass is 185 g/mol. The molecule has 0 heterocycles. The van der Waals surface area contributed by atoms with Gasteiger partial charge in [0.1, 0.15) is 0 Å². The standard InChI is InChI=1S/C11H23NO/c1-3-13-10(2)11(9-12)7-5-4-6-8-11/h10H,3-9,12H2,1-2H3. The Balaban J connectivity index is 2.55. The Hall–Kier alpha value is -0.0800. The lowest BCUT2D eigenvalue weighted by Gasteiger charge is -2.41. The van der Waals surface area contributed by atoms with Crippen LogP contribution in [0.3, 0.4) is 0 Å². The van der Waals surface area contributed by atoms with E-state index < -0.39 is 0 Å². The van der Waals surface area contributed by atoms with E-state index in [9.17, 15) is 0 Å². The number of hydrogen-bond donors (Lipinski definition) is 1. The van der Waals surface area contributed by atoms with Gasteiger partial charge in [0.25, 0.3) is 0 Å². The fraction of sp³-hybridized carbons (Fsp3) is 1.00. The summed E-state index contributed by atoms with van der Waals surface area (Å²) in [6.07, 6.45) is 6.88. The summed E-state index contributed by atoms with van der Waals surface area (Å²) in [7, 11) is 0. The predicted octanol–water partition coefficient (Wildman–Crippen LogP) is 2.32. The lowest BCUT2D eigenvalue weighted by molar-refractivity contribution is -0.0388. The normalized spacial score (nSPS) is 24.2. The highest BCUT2D eigenvalue weighted by Crippen LogP contribution is 2.39. The third-order valence-corrected chi connectivity index (χ3v) is 3.53. The van der Waals surface area contributed by atoms with Gasteiger partial charge in [0.05, 0.1) is 6.10 Å². The average Bonchev–Trinajstić information content (AvgIpc) is 2.19. The van der Waals surface area contributed by atoms with Crippen LogP contribution in [0.15, 0.2) is 0 Å². The maximum absolute atomic E-state index is 5.89. The third-order valence-electron chi connectivity index (χ3n) is 3.53. The van der Waals surface area contributed by atoms with Crippen molar-refractivity contribution in [2.24, 2.45) is 11.1 Å². The molecule has 2 N–H and O–H groups in total. The molecule has 2 nitrogen and oxygen atoms in total. The lowest BCUT2D eigenvalue weighted by atomic mass is 9.70. The molecule has 0 aliphatic heterocycles. The molecule has 0 aromatic carbocycles. The molecule has 0 amide bonds. The molecular weight excluding hydrogens is 162 g/mol. The van der Waals surface area contributed by atoms with E-state index in [1.807, 2.05) is 0 Å². The van der Waals surface area contributed by atoms with Gasteiger partial charge in [-0.3, -0.25) is 0 Å². The Bertz CT molecular complexity index is 141. The molecular formula is C11H23NO. The SMILES string of the molecule is CCOC(C)C1(CN)CCCCC1. The van der Waals surface area contributed by atoms with Crippen molar-refractivity contribution in [3.8, 4) is 0 Å². The first-order valence-electron chi connectivity index (χ1n) is 5.57. The minimum atomic E-state index is 0.286. The van der Waals surface area contributed by atoms with Gasteiger partial charge in [-0.1, -0.05) is 19.3 Å². The summed E-state index contributed by atoms with van der Waals surface area (Å²) in [6.45, 7) is 5.84. The number of rotatable bonds is 4. The summed E-state index contributed by atoms with van der Waals surface area (Å²) in [5, 5.41) is 0. The Kier molecular flexibility index (Phi) is 4.20. The van der Waals surface area contributed by atoms with Gasteiger partial charge in [-0.05, 0) is 26.7 Å². The maximum Gasteiger partial charge on any atom is 0.0615 e. The van der Waals surface area contributed by atoms with Crippen LogP contribution in [0, 0.1) is 5.41 Å². The largest absolute Gasteiger partial charge is 0.378 e. The number of nitrogens with two attached hydrogens (primary N) is 1. The fourth-order valence-corrected chi connectivity index (χ4v) is 2.46. The van der Waals surface area contributed by atoms with Gasteiger partial charge in [0.15, 0.2) is 0 Å². The summed E-state index contributed by atoms with van der Waals surface area (Å²) in [4.78, 5) is 0. The van der Waals surface area contributed by atoms with Crippen LogP contribution >= 0.6 is 0 Å². The third kappa shape index (κ3) is 2.44. The van der Waals surface area contributed by atoms with Gasteiger partial charge in [0.2, 0.25) is 0 Å². The summed E-state index contributed by atoms with van der Waals surface area (Å²) in [6, 6.07) is 0. The Labute approximate surface area is 81.8 Å². The van der Waals surface area contributed by atoms with E-state index in [0.717, 1.165) is 13.2 Å². The highest BCUT2D eigenvalue weighted by atomic mass is 16.5. The zero-order valence-electron chi connectivity index (χ0n) is 9.01. The first-order chi connectivity index (χ1) is 6.25. The van der Waals surface area contributed by atoms with Crippen molar-refractivity contribution < 1.29 is 4.74 Å². The van der Waals surface area contributed by atoms with Crippen molar-refractivity contribution in [3.63, 3.8) is 0 Å². The van der Waals surface area contributed by atoms with Crippen LogP contribution in [0.25, 0.3) is 0 Å². The van der Waals surface area contributed by atoms with Crippen molar-refractivity contribution in [1.29, 1.82) is 0 Å². The van der Waals surface area contributed by atoms with Crippen LogP contribution in [0.2, 0.25) is 0 Å². The highest BCUT2D eigenvalue weighted by molar-refractivity contribution is 4.88.